The Hall–Kier alpha value is -2.38. The zero-order valence-corrected chi connectivity index (χ0v) is 15.9. The molecule has 2 aromatic rings. The molecule has 0 saturated carbocycles. The third kappa shape index (κ3) is 5.55. The monoisotopic (exact) mass is 388 g/mol. The summed E-state index contributed by atoms with van der Waals surface area (Å²) >= 11 is 0. The highest BCUT2D eigenvalue weighted by molar-refractivity contribution is 7.89. The SMILES string of the molecule is O=C(NCCC1=CCCCC1)c1ccc(S(=O)(=O)NCc2ccco2)cc1. The summed E-state index contributed by atoms with van der Waals surface area (Å²) in [6, 6.07) is 9.31. The molecule has 27 heavy (non-hydrogen) atoms. The highest BCUT2D eigenvalue weighted by atomic mass is 32.2. The first kappa shape index (κ1) is 19.4. The van der Waals surface area contributed by atoms with Gasteiger partial charge in [0.05, 0.1) is 17.7 Å². The summed E-state index contributed by atoms with van der Waals surface area (Å²) in [6.45, 7) is 0.669. The second-order valence-corrected chi connectivity index (χ2v) is 8.31. The zero-order chi connectivity index (χ0) is 19.1. The summed E-state index contributed by atoms with van der Waals surface area (Å²) in [5, 5.41) is 2.89. The Labute approximate surface area is 159 Å². The van der Waals surface area contributed by atoms with Crippen LogP contribution in [0.1, 0.15) is 48.2 Å². The third-order valence-corrected chi connectivity index (χ3v) is 5.98. The minimum Gasteiger partial charge on any atom is -0.468 e. The van der Waals surface area contributed by atoms with E-state index in [9.17, 15) is 13.2 Å². The number of hydrogen-bond donors (Lipinski definition) is 2. The van der Waals surface area contributed by atoms with E-state index < -0.39 is 10.0 Å². The van der Waals surface area contributed by atoms with Crippen molar-refractivity contribution in [1.29, 1.82) is 0 Å². The number of rotatable bonds is 8. The van der Waals surface area contributed by atoms with Gasteiger partial charge < -0.3 is 9.73 Å². The molecule has 0 spiro atoms. The van der Waals surface area contributed by atoms with E-state index in [2.05, 4.69) is 16.1 Å². The zero-order valence-electron chi connectivity index (χ0n) is 15.1. The van der Waals surface area contributed by atoms with Gasteiger partial charge in [-0.25, -0.2) is 13.1 Å². The van der Waals surface area contributed by atoms with Gasteiger partial charge in [-0.2, -0.15) is 0 Å². The highest BCUT2D eigenvalue weighted by Crippen LogP contribution is 2.19. The first-order valence-electron chi connectivity index (χ1n) is 9.13. The van der Waals surface area contributed by atoms with Gasteiger partial charge in [-0.15, -0.1) is 0 Å². The Bertz CT molecular complexity index is 885. The molecule has 1 aromatic carbocycles. The molecule has 0 radical (unpaired) electrons. The molecule has 7 heteroatoms. The van der Waals surface area contributed by atoms with Gasteiger partial charge in [-0.3, -0.25) is 4.79 Å². The average molecular weight is 388 g/mol. The fourth-order valence-electron chi connectivity index (χ4n) is 3.02. The van der Waals surface area contributed by atoms with Crippen molar-refractivity contribution in [2.24, 2.45) is 0 Å². The van der Waals surface area contributed by atoms with Crippen LogP contribution in [-0.4, -0.2) is 20.9 Å². The van der Waals surface area contributed by atoms with Crippen molar-refractivity contribution < 1.29 is 17.6 Å². The number of allylic oxidation sites excluding steroid dienone is 1. The molecular formula is C20H24N2O4S. The molecule has 1 amide bonds. The maximum Gasteiger partial charge on any atom is 0.251 e. The number of carbonyl (C=O) groups is 1. The molecule has 0 fully saturated rings. The number of carbonyl (C=O) groups excluding carboxylic acids is 1. The second-order valence-electron chi connectivity index (χ2n) is 6.54. The Morgan fingerprint density at radius 3 is 2.59 bits per heavy atom. The van der Waals surface area contributed by atoms with Crippen LogP contribution in [0.4, 0.5) is 0 Å². The quantitative estimate of drug-likeness (QED) is 0.679. The van der Waals surface area contributed by atoms with Crippen molar-refractivity contribution in [2.45, 2.75) is 43.5 Å². The van der Waals surface area contributed by atoms with Crippen LogP contribution in [0.25, 0.3) is 0 Å². The maximum atomic E-state index is 12.3. The van der Waals surface area contributed by atoms with Crippen molar-refractivity contribution in [3.05, 3.63) is 65.6 Å². The number of sulfonamides is 1. The van der Waals surface area contributed by atoms with Crippen LogP contribution in [0.5, 0.6) is 0 Å². The number of amides is 1. The topological polar surface area (TPSA) is 88.4 Å². The van der Waals surface area contributed by atoms with E-state index in [-0.39, 0.29) is 17.3 Å². The molecule has 3 rings (SSSR count). The molecule has 1 aliphatic rings. The van der Waals surface area contributed by atoms with E-state index in [4.69, 9.17) is 4.42 Å². The van der Waals surface area contributed by atoms with E-state index in [1.165, 1.54) is 48.9 Å². The van der Waals surface area contributed by atoms with Crippen LogP contribution in [0.2, 0.25) is 0 Å². The van der Waals surface area contributed by atoms with Crippen LogP contribution in [-0.2, 0) is 16.6 Å². The number of nitrogens with one attached hydrogen (secondary N) is 2. The second kappa shape index (κ2) is 9.01. The van der Waals surface area contributed by atoms with Gasteiger partial charge in [0.15, 0.2) is 0 Å². The molecule has 1 heterocycles. The van der Waals surface area contributed by atoms with E-state index >= 15 is 0 Å². The summed E-state index contributed by atoms with van der Waals surface area (Å²) in [6.07, 6.45) is 9.35. The number of hydrogen-bond acceptors (Lipinski definition) is 4. The first-order chi connectivity index (χ1) is 13.0. The lowest BCUT2D eigenvalue weighted by molar-refractivity contribution is 0.0954. The molecule has 1 aliphatic carbocycles. The van der Waals surface area contributed by atoms with Crippen LogP contribution < -0.4 is 10.0 Å². The number of furan rings is 1. The molecule has 0 atom stereocenters. The van der Waals surface area contributed by atoms with Gasteiger partial charge in [0.2, 0.25) is 10.0 Å². The molecule has 1 aromatic heterocycles. The summed E-state index contributed by atoms with van der Waals surface area (Å²) in [7, 11) is -3.66. The van der Waals surface area contributed by atoms with Crippen LogP contribution in [0.15, 0.2) is 63.6 Å². The van der Waals surface area contributed by atoms with Gasteiger partial charge in [0, 0.05) is 12.1 Å². The van der Waals surface area contributed by atoms with Crippen LogP contribution in [0, 0.1) is 0 Å². The van der Waals surface area contributed by atoms with Crippen molar-refractivity contribution >= 4 is 15.9 Å². The van der Waals surface area contributed by atoms with Gasteiger partial charge in [0.1, 0.15) is 5.76 Å². The lowest BCUT2D eigenvalue weighted by Gasteiger charge is -2.13. The van der Waals surface area contributed by atoms with Crippen molar-refractivity contribution in [3.8, 4) is 0 Å². The molecule has 0 bridgehead atoms. The smallest absolute Gasteiger partial charge is 0.251 e. The van der Waals surface area contributed by atoms with Gasteiger partial charge in [0.25, 0.3) is 5.91 Å². The third-order valence-electron chi connectivity index (χ3n) is 4.56. The van der Waals surface area contributed by atoms with Crippen LogP contribution >= 0.6 is 0 Å². The lowest BCUT2D eigenvalue weighted by atomic mass is 9.97. The Kier molecular flexibility index (Phi) is 6.47. The van der Waals surface area contributed by atoms with Crippen molar-refractivity contribution in [2.75, 3.05) is 6.54 Å². The standard InChI is InChI=1S/C20H24N2O4S/c23-20(21-13-12-16-5-2-1-3-6-16)17-8-10-19(11-9-17)27(24,25)22-15-18-7-4-14-26-18/h4-5,7-11,14,22H,1-3,6,12-13,15H2,(H,21,23). The molecule has 0 unspecified atom stereocenters. The molecule has 2 N–H and O–H groups in total. The summed E-state index contributed by atoms with van der Waals surface area (Å²) in [5.41, 5.74) is 1.85. The van der Waals surface area contributed by atoms with E-state index in [0.29, 0.717) is 17.9 Å². The summed E-state index contributed by atoms with van der Waals surface area (Å²) in [5.74, 6) is 0.335. The molecule has 0 aliphatic heterocycles. The van der Waals surface area contributed by atoms with Gasteiger partial charge in [-0.1, -0.05) is 11.6 Å². The maximum absolute atomic E-state index is 12.3. The van der Waals surface area contributed by atoms with E-state index in [1.54, 1.807) is 12.1 Å². The largest absolute Gasteiger partial charge is 0.468 e. The molecule has 6 nitrogen and oxygen atoms in total. The van der Waals surface area contributed by atoms with Gasteiger partial charge >= 0.3 is 0 Å². The Balaban J connectivity index is 1.52. The van der Waals surface area contributed by atoms with Crippen LogP contribution in [0.3, 0.4) is 0 Å². The molecule has 0 saturated heterocycles. The highest BCUT2D eigenvalue weighted by Gasteiger charge is 2.15. The minimum atomic E-state index is -3.66. The Morgan fingerprint density at radius 2 is 1.93 bits per heavy atom. The van der Waals surface area contributed by atoms with Gasteiger partial charge in [-0.05, 0) is 68.5 Å². The van der Waals surface area contributed by atoms with E-state index in [1.807, 2.05) is 0 Å². The summed E-state index contributed by atoms with van der Waals surface area (Å²) < 4.78 is 32.2. The number of benzene rings is 1. The predicted molar refractivity (Wildman–Crippen MR) is 103 cm³/mol. The van der Waals surface area contributed by atoms with Crippen molar-refractivity contribution in [1.82, 2.24) is 10.0 Å². The minimum absolute atomic E-state index is 0.0768. The Morgan fingerprint density at radius 1 is 1.11 bits per heavy atom. The lowest BCUT2D eigenvalue weighted by Crippen LogP contribution is -2.25. The first-order valence-corrected chi connectivity index (χ1v) is 10.6. The fraction of sp³-hybridized carbons (Fsp3) is 0.350. The molecule has 144 valence electrons. The predicted octanol–water partition coefficient (Wildman–Crippen LogP) is 3.38. The van der Waals surface area contributed by atoms with E-state index in [0.717, 1.165) is 19.3 Å². The fourth-order valence-corrected chi connectivity index (χ4v) is 4.01. The normalized spacial score (nSPS) is 14.6. The summed E-state index contributed by atoms with van der Waals surface area (Å²) in [4.78, 5) is 12.3. The molecular weight excluding hydrogens is 364 g/mol. The average Bonchev–Trinajstić information content (AvgIpc) is 3.21. The van der Waals surface area contributed by atoms with Crippen molar-refractivity contribution in [3.63, 3.8) is 0 Å².